The van der Waals surface area contributed by atoms with Gasteiger partial charge in [-0.15, -0.1) is 0 Å². The highest BCUT2D eigenvalue weighted by molar-refractivity contribution is 5.98. The lowest BCUT2D eigenvalue weighted by Gasteiger charge is -2.33. The van der Waals surface area contributed by atoms with Crippen molar-refractivity contribution in [3.8, 4) is 0 Å². The van der Waals surface area contributed by atoms with Gasteiger partial charge in [-0.3, -0.25) is 0 Å². The SMILES string of the molecule is CC(C)c1noc([C@H]2CCCCN2C(=O)Nc2cccc3nn(C)nc23)n1. The fourth-order valence-electron chi connectivity index (χ4n) is 3.38. The zero-order chi connectivity index (χ0) is 19.0. The Morgan fingerprint density at radius 1 is 1.30 bits per heavy atom. The van der Waals surface area contributed by atoms with E-state index in [4.69, 9.17) is 4.52 Å². The van der Waals surface area contributed by atoms with E-state index in [-0.39, 0.29) is 18.0 Å². The van der Waals surface area contributed by atoms with Crippen molar-refractivity contribution < 1.29 is 9.32 Å². The monoisotopic (exact) mass is 369 g/mol. The average Bonchev–Trinajstić information content (AvgIpc) is 3.28. The van der Waals surface area contributed by atoms with Crippen LogP contribution in [0, 0.1) is 0 Å². The number of carbonyl (C=O) groups is 1. The zero-order valence-electron chi connectivity index (χ0n) is 15.7. The molecule has 0 unspecified atom stereocenters. The molecule has 4 rings (SSSR count). The number of aromatic nitrogens is 5. The number of rotatable bonds is 3. The molecule has 1 aliphatic heterocycles. The molecule has 0 bridgehead atoms. The number of nitrogens with zero attached hydrogens (tertiary/aromatic N) is 6. The fourth-order valence-corrected chi connectivity index (χ4v) is 3.38. The van der Waals surface area contributed by atoms with Crippen molar-refractivity contribution in [1.29, 1.82) is 0 Å². The number of urea groups is 1. The van der Waals surface area contributed by atoms with Crippen LogP contribution < -0.4 is 5.32 Å². The number of fused-ring (bicyclic) bond motifs is 1. The molecule has 1 aliphatic rings. The molecule has 1 fully saturated rings. The summed E-state index contributed by atoms with van der Waals surface area (Å²) in [6.45, 7) is 4.68. The summed E-state index contributed by atoms with van der Waals surface area (Å²) in [5.41, 5.74) is 2.05. The standard InChI is InChI=1S/C18H23N7O2/c1-11(2)16-20-17(27-23-16)14-9-4-5-10-25(14)18(26)19-12-7-6-8-13-15(12)22-24(3)21-13/h6-8,11,14H,4-5,9-10H2,1-3H3,(H,19,26)/t14-/m1/s1. The smallest absolute Gasteiger partial charge is 0.322 e. The van der Waals surface area contributed by atoms with Crippen molar-refractivity contribution in [1.82, 2.24) is 30.0 Å². The van der Waals surface area contributed by atoms with Crippen LogP contribution in [0.5, 0.6) is 0 Å². The Morgan fingerprint density at radius 2 is 2.15 bits per heavy atom. The van der Waals surface area contributed by atoms with Crippen LogP contribution in [-0.4, -0.2) is 42.6 Å². The average molecular weight is 369 g/mol. The molecule has 3 aromatic rings. The molecule has 27 heavy (non-hydrogen) atoms. The molecule has 9 heteroatoms. The molecule has 1 aromatic carbocycles. The quantitative estimate of drug-likeness (QED) is 0.760. The molecule has 2 aromatic heterocycles. The van der Waals surface area contributed by atoms with Gasteiger partial charge in [0, 0.05) is 19.5 Å². The van der Waals surface area contributed by atoms with Crippen molar-refractivity contribution >= 4 is 22.8 Å². The van der Waals surface area contributed by atoms with E-state index in [1.54, 1.807) is 11.9 Å². The van der Waals surface area contributed by atoms with Gasteiger partial charge in [0.1, 0.15) is 17.1 Å². The van der Waals surface area contributed by atoms with Gasteiger partial charge in [-0.05, 0) is 31.4 Å². The van der Waals surface area contributed by atoms with Crippen LogP contribution in [0.25, 0.3) is 11.0 Å². The Hall–Kier alpha value is -2.97. The molecule has 9 nitrogen and oxygen atoms in total. The van der Waals surface area contributed by atoms with Crippen LogP contribution >= 0.6 is 0 Å². The summed E-state index contributed by atoms with van der Waals surface area (Å²) in [5, 5.41) is 15.7. The van der Waals surface area contributed by atoms with Crippen LogP contribution in [0.1, 0.15) is 56.8 Å². The lowest BCUT2D eigenvalue weighted by Crippen LogP contribution is -2.41. The second-order valence-electron chi connectivity index (χ2n) is 7.14. The molecular weight excluding hydrogens is 346 g/mol. The summed E-state index contributed by atoms with van der Waals surface area (Å²) >= 11 is 0. The maximum atomic E-state index is 13.0. The molecule has 0 radical (unpaired) electrons. The molecule has 2 amide bonds. The van der Waals surface area contributed by atoms with E-state index in [0.717, 1.165) is 24.8 Å². The van der Waals surface area contributed by atoms with Gasteiger partial charge < -0.3 is 14.7 Å². The molecular formula is C18H23N7O2. The number of hydrogen-bond acceptors (Lipinski definition) is 6. The number of aryl methyl sites for hydroxylation is 1. The Balaban J connectivity index is 1.58. The van der Waals surface area contributed by atoms with E-state index < -0.39 is 0 Å². The number of likely N-dealkylation sites (tertiary alicyclic amines) is 1. The minimum Gasteiger partial charge on any atom is -0.337 e. The number of carbonyl (C=O) groups excluding carboxylic acids is 1. The van der Waals surface area contributed by atoms with Crippen molar-refractivity contribution in [2.45, 2.75) is 45.1 Å². The first-order valence-electron chi connectivity index (χ1n) is 9.24. The highest BCUT2D eigenvalue weighted by Gasteiger charge is 2.32. The fraction of sp³-hybridized carbons (Fsp3) is 0.500. The Morgan fingerprint density at radius 3 is 2.93 bits per heavy atom. The van der Waals surface area contributed by atoms with E-state index in [1.165, 1.54) is 4.80 Å². The Bertz CT molecular complexity index is 962. The second kappa shape index (κ2) is 6.98. The highest BCUT2D eigenvalue weighted by Crippen LogP contribution is 2.31. The maximum absolute atomic E-state index is 13.0. The molecule has 1 atom stereocenters. The van der Waals surface area contributed by atoms with E-state index in [0.29, 0.717) is 29.5 Å². The summed E-state index contributed by atoms with van der Waals surface area (Å²) in [4.78, 5) is 20.8. The number of amides is 2. The van der Waals surface area contributed by atoms with Gasteiger partial charge in [-0.25, -0.2) is 4.79 Å². The minimum absolute atomic E-state index is 0.183. The summed E-state index contributed by atoms with van der Waals surface area (Å²) < 4.78 is 5.46. The number of benzene rings is 1. The third-order valence-electron chi connectivity index (χ3n) is 4.78. The van der Waals surface area contributed by atoms with Crippen LogP contribution in [0.4, 0.5) is 10.5 Å². The lowest BCUT2D eigenvalue weighted by atomic mass is 10.0. The van der Waals surface area contributed by atoms with Crippen LogP contribution in [0.2, 0.25) is 0 Å². The first-order valence-corrected chi connectivity index (χ1v) is 9.24. The number of nitrogens with one attached hydrogen (secondary N) is 1. The molecule has 0 spiro atoms. The van der Waals surface area contributed by atoms with Crippen molar-refractivity contribution in [2.24, 2.45) is 7.05 Å². The number of anilines is 1. The molecule has 3 heterocycles. The molecule has 1 saturated heterocycles. The van der Waals surface area contributed by atoms with Gasteiger partial charge in [0.15, 0.2) is 5.82 Å². The minimum atomic E-state index is -0.209. The molecule has 142 valence electrons. The Labute approximate surface area is 156 Å². The highest BCUT2D eigenvalue weighted by atomic mass is 16.5. The topological polar surface area (TPSA) is 102 Å². The molecule has 0 aliphatic carbocycles. The van der Waals surface area contributed by atoms with Gasteiger partial charge in [0.25, 0.3) is 0 Å². The van der Waals surface area contributed by atoms with Gasteiger partial charge in [-0.2, -0.15) is 20.0 Å². The molecule has 0 saturated carbocycles. The third-order valence-corrected chi connectivity index (χ3v) is 4.78. The van der Waals surface area contributed by atoms with E-state index in [2.05, 4.69) is 25.7 Å². The lowest BCUT2D eigenvalue weighted by molar-refractivity contribution is 0.142. The van der Waals surface area contributed by atoms with Crippen LogP contribution in [0.15, 0.2) is 22.7 Å². The van der Waals surface area contributed by atoms with E-state index >= 15 is 0 Å². The predicted molar refractivity (Wildman–Crippen MR) is 99.2 cm³/mol. The molecule has 1 N–H and O–H groups in total. The predicted octanol–water partition coefficient (Wildman–Crippen LogP) is 3.23. The van der Waals surface area contributed by atoms with E-state index in [9.17, 15) is 4.79 Å². The third kappa shape index (κ3) is 3.36. The number of hydrogen-bond donors (Lipinski definition) is 1. The largest absolute Gasteiger partial charge is 0.337 e. The van der Waals surface area contributed by atoms with Crippen molar-refractivity contribution in [3.05, 3.63) is 29.9 Å². The Kier molecular flexibility index (Phi) is 4.51. The second-order valence-corrected chi connectivity index (χ2v) is 7.14. The summed E-state index contributed by atoms with van der Waals surface area (Å²) in [6, 6.07) is 5.15. The van der Waals surface area contributed by atoms with E-state index in [1.807, 2.05) is 32.0 Å². The normalized spacial score (nSPS) is 17.6. The summed E-state index contributed by atoms with van der Waals surface area (Å²) in [6.07, 6.45) is 2.78. The van der Waals surface area contributed by atoms with Crippen molar-refractivity contribution in [3.63, 3.8) is 0 Å². The first-order chi connectivity index (χ1) is 13.0. The van der Waals surface area contributed by atoms with Gasteiger partial charge in [-0.1, -0.05) is 25.1 Å². The van der Waals surface area contributed by atoms with Gasteiger partial charge in [0.2, 0.25) is 5.89 Å². The maximum Gasteiger partial charge on any atom is 0.322 e. The van der Waals surface area contributed by atoms with Crippen LogP contribution in [0.3, 0.4) is 0 Å². The van der Waals surface area contributed by atoms with Crippen molar-refractivity contribution in [2.75, 3.05) is 11.9 Å². The summed E-state index contributed by atoms with van der Waals surface area (Å²) in [5.74, 6) is 1.36. The van der Waals surface area contributed by atoms with Crippen LogP contribution in [-0.2, 0) is 7.05 Å². The summed E-state index contributed by atoms with van der Waals surface area (Å²) in [7, 11) is 1.76. The van der Waals surface area contributed by atoms with Gasteiger partial charge >= 0.3 is 6.03 Å². The zero-order valence-corrected chi connectivity index (χ0v) is 15.7. The first kappa shape index (κ1) is 17.4. The number of piperidine rings is 1. The van der Waals surface area contributed by atoms with Gasteiger partial charge in [0.05, 0.1) is 5.69 Å².